The third kappa shape index (κ3) is 4.86. The Morgan fingerprint density at radius 2 is 2.05 bits per heavy atom. The summed E-state index contributed by atoms with van der Waals surface area (Å²) in [5.74, 6) is -0.273. The zero-order chi connectivity index (χ0) is 27.1. The summed E-state index contributed by atoms with van der Waals surface area (Å²) in [7, 11) is 0. The zero-order valence-corrected chi connectivity index (χ0v) is 21.5. The summed E-state index contributed by atoms with van der Waals surface area (Å²) in [6.07, 6.45) is 3.79. The second-order valence-electron chi connectivity index (χ2n) is 10.7. The van der Waals surface area contributed by atoms with Gasteiger partial charge in [-0.15, -0.1) is 0 Å². The fraction of sp³-hybridized carbons (Fsp3) is 0.400. The number of hydrogen-bond donors (Lipinski definition) is 3. The molecule has 3 heterocycles. The van der Waals surface area contributed by atoms with Crippen LogP contribution in [0.4, 0.5) is 4.39 Å². The Bertz CT molecular complexity index is 1410. The topological polar surface area (TPSA) is 112 Å². The molecule has 1 aromatic heterocycles. The molecule has 6 rings (SSSR count). The van der Waals surface area contributed by atoms with Crippen LogP contribution in [0.2, 0.25) is 0 Å². The Morgan fingerprint density at radius 3 is 2.90 bits per heavy atom. The number of halogens is 1. The minimum atomic E-state index is -1.20. The summed E-state index contributed by atoms with van der Waals surface area (Å²) in [4.78, 5) is 15.7. The first kappa shape index (κ1) is 25.7. The molecule has 9 heteroatoms. The number of fused-ring (bicyclic) bond motifs is 2. The highest BCUT2D eigenvalue weighted by atomic mass is 19.1. The van der Waals surface area contributed by atoms with Gasteiger partial charge in [-0.25, -0.2) is 4.39 Å². The van der Waals surface area contributed by atoms with Gasteiger partial charge in [0.05, 0.1) is 18.7 Å². The van der Waals surface area contributed by atoms with Crippen molar-refractivity contribution in [3.63, 3.8) is 0 Å². The lowest BCUT2D eigenvalue weighted by Gasteiger charge is -2.28. The molecular weight excluding hydrogens is 503 g/mol. The summed E-state index contributed by atoms with van der Waals surface area (Å²) in [6, 6.07) is 12.3. The van der Waals surface area contributed by atoms with Crippen LogP contribution < -0.4 is 9.47 Å². The van der Waals surface area contributed by atoms with Crippen molar-refractivity contribution in [1.29, 1.82) is 0 Å². The molecule has 204 valence electrons. The van der Waals surface area contributed by atoms with E-state index in [4.69, 9.17) is 14.6 Å². The Morgan fingerprint density at radius 1 is 1.18 bits per heavy atom. The second kappa shape index (κ2) is 10.2. The van der Waals surface area contributed by atoms with Gasteiger partial charge in [0.2, 0.25) is 0 Å². The van der Waals surface area contributed by atoms with Crippen molar-refractivity contribution in [2.24, 2.45) is 0 Å². The van der Waals surface area contributed by atoms with E-state index >= 15 is 4.39 Å². The van der Waals surface area contributed by atoms with Crippen LogP contribution in [0, 0.1) is 5.82 Å². The molecule has 8 nitrogen and oxygen atoms in total. The highest BCUT2D eigenvalue weighted by Crippen LogP contribution is 2.46. The third-order valence-electron chi connectivity index (χ3n) is 8.18. The molecule has 2 aromatic carbocycles. The standard InChI is InChI=1S/C30H31FN2O6/c31-24-8-6-21(23-3-1-12-32-29(23)30(36)10-2-13-33(37)14-11-30)22-7-9-25(28(22)24)39-19-4-5-20-18(15-27(34)35)17-38-26(20)16-19/h1,3-6,8,12,16,18,25,36-37H,2,7,9-11,13-15,17H2,(H,34,35)/t18-,25-,30?/m1/s1. The highest BCUT2D eigenvalue weighted by Gasteiger charge is 2.37. The van der Waals surface area contributed by atoms with E-state index < -0.39 is 17.7 Å². The number of carbonyl (C=O) groups is 1. The predicted molar refractivity (Wildman–Crippen MR) is 139 cm³/mol. The lowest BCUT2D eigenvalue weighted by atomic mass is 9.84. The number of nitrogens with zero attached hydrogens (tertiary/aromatic N) is 2. The Balaban J connectivity index is 1.31. The smallest absolute Gasteiger partial charge is 0.304 e. The van der Waals surface area contributed by atoms with Crippen molar-refractivity contribution in [3.8, 4) is 22.6 Å². The Kier molecular flexibility index (Phi) is 6.74. The van der Waals surface area contributed by atoms with Gasteiger partial charge in [-0.3, -0.25) is 9.78 Å². The number of hydrogen-bond acceptors (Lipinski definition) is 7. The average molecular weight is 535 g/mol. The normalized spacial score (nSPS) is 24.5. The summed E-state index contributed by atoms with van der Waals surface area (Å²) >= 11 is 0. The molecule has 0 bridgehead atoms. The molecule has 1 aliphatic carbocycles. The fourth-order valence-electron chi connectivity index (χ4n) is 6.25. The maximum Gasteiger partial charge on any atom is 0.304 e. The summed E-state index contributed by atoms with van der Waals surface area (Å²) < 4.78 is 27.3. The number of rotatable bonds is 6. The molecule has 39 heavy (non-hydrogen) atoms. The van der Waals surface area contributed by atoms with Crippen molar-refractivity contribution in [2.45, 2.75) is 56.1 Å². The molecule has 1 unspecified atom stereocenters. The zero-order valence-electron chi connectivity index (χ0n) is 21.5. The van der Waals surface area contributed by atoms with Gasteiger partial charge in [-0.05, 0) is 61.4 Å². The highest BCUT2D eigenvalue weighted by molar-refractivity contribution is 5.73. The molecule has 1 saturated heterocycles. The van der Waals surface area contributed by atoms with E-state index in [0.717, 1.165) is 22.3 Å². The number of benzene rings is 2. The molecule has 3 aromatic rings. The number of carboxylic acids is 1. The van der Waals surface area contributed by atoms with Gasteiger partial charge in [0.15, 0.2) is 0 Å². The van der Waals surface area contributed by atoms with Gasteiger partial charge >= 0.3 is 5.97 Å². The van der Waals surface area contributed by atoms with E-state index in [1.807, 2.05) is 18.2 Å². The maximum absolute atomic E-state index is 15.3. The maximum atomic E-state index is 15.3. The summed E-state index contributed by atoms with van der Waals surface area (Å²) in [5.41, 5.74) is 3.12. The van der Waals surface area contributed by atoms with E-state index in [0.29, 0.717) is 74.6 Å². The number of aliphatic carboxylic acids is 1. The van der Waals surface area contributed by atoms with Crippen LogP contribution in [0.15, 0.2) is 48.7 Å². The molecule has 3 atom stereocenters. The van der Waals surface area contributed by atoms with Gasteiger partial charge in [0.1, 0.15) is 29.0 Å². The third-order valence-corrected chi connectivity index (χ3v) is 8.18. The SMILES string of the molecule is O=C(O)C[C@@H]1COc2cc(O[C@@H]3CCc4c(-c5cccnc5C5(O)CCCN(O)CC5)ccc(F)c43)ccc21. The van der Waals surface area contributed by atoms with Gasteiger partial charge in [0.25, 0.3) is 0 Å². The first-order chi connectivity index (χ1) is 18.8. The number of hydroxylamine groups is 2. The van der Waals surface area contributed by atoms with Gasteiger partial charge < -0.3 is 24.9 Å². The number of aromatic nitrogens is 1. The molecule has 0 amide bonds. The lowest BCUT2D eigenvalue weighted by molar-refractivity contribution is -0.137. The molecule has 0 saturated carbocycles. The van der Waals surface area contributed by atoms with Gasteiger partial charge in [0, 0.05) is 48.0 Å². The van der Waals surface area contributed by atoms with Gasteiger partial charge in [-0.2, -0.15) is 5.06 Å². The predicted octanol–water partition coefficient (Wildman–Crippen LogP) is 4.97. The van der Waals surface area contributed by atoms with Crippen molar-refractivity contribution in [1.82, 2.24) is 10.0 Å². The number of pyridine rings is 1. The Labute approximate surface area is 225 Å². The number of aliphatic hydroxyl groups is 1. The van der Waals surface area contributed by atoms with Crippen LogP contribution in [0.25, 0.3) is 11.1 Å². The first-order valence-electron chi connectivity index (χ1n) is 13.4. The van der Waals surface area contributed by atoms with E-state index in [1.165, 1.54) is 11.1 Å². The van der Waals surface area contributed by atoms with Crippen LogP contribution in [0.5, 0.6) is 11.5 Å². The Hall–Kier alpha value is -3.53. The van der Waals surface area contributed by atoms with Crippen LogP contribution in [-0.2, 0) is 16.8 Å². The number of ether oxygens (including phenoxy) is 2. The van der Waals surface area contributed by atoms with Crippen LogP contribution in [0.1, 0.15) is 66.5 Å². The van der Waals surface area contributed by atoms with Crippen molar-refractivity contribution >= 4 is 5.97 Å². The minimum absolute atomic E-state index is 0.000898. The van der Waals surface area contributed by atoms with E-state index in [1.54, 1.807) is 24.4 Å². The molecule has 0 radical (unpaired) electrons. The van der Waals surface area contributed by atoms with Crippen molar-refractivity contribution < 1.29 is 34.1 Å². The first-order valence-corrected chi connectivity index (χ1v) is 13.4. The largest absolute Gasteiger partial charge is 0.492 e. The molecular formula is C30H31FN2O6. The molecule has 3 aliphatic rings. The van der Waals surface area contributed by atoms with Crippen molar-refractivity contribution in [3.05, 3.63) is 76.9 Å². The monoisotopic (exact) mass is 534 g/mol. The minimum Gasteiger partial charge on any atom is -0.492 e. The van der Waals surface area contributed by atoms with E-state index in [-0.39, 0.29) is 18.2 Å². The molecule has 0 spiro atoms. The summed E-state index contributed by atoms with van der Waals surface area (Å²) in [6.45, 7) is 1.14. The second-order valence-corrected chi connectivity index (χ2v) is 10.7. The molecule has 2 aliphatic heterocycles. The van der Waals surface area contributed by atoms with Crippen LogP contribution in [-0.4, -0.2) is 51.1 Å². The van der Waals surface area contributed by atoms with E-state index in [2.05, 4.69) is 4.98 Å². The van der Waals surface area contributed by atoms with Gasteiger partial charge in [-0.1, -0.05) is 18.2 Å². The van der Waals surface area contributed by atoms with Crippen LogP contribution >= 0.6 is 0 Å². The quantitative estimate of drug-likeness (QED) is 0.407. The number of carboxylic acid groups (broad SMARTS) is 1. The summed E-state index contributed by atoms with van der Waals surface area (Å²) in [5, 5.41) is 32.0. The molecule has 1 fully saturated rings. The fourth-order valence-corrected chi connectivity index (χ4v) is 6.25. The van der Waals surface area contributed by atoms with Crippen molar-refractivity contribution in [2.75, 3.05) is 19.7 Å². The average Bonchev–Trinajstić information content (AvgIpc) is 3.47. The lowest BCUT2D eigenvalue weighted by Crippen LogP contribution is -2.29. The van der Waals surface area contributed by atoms with Crippen LogP contribution in [0.3, 0.4) is 0 Å². The van der Waals surface area contributed by atoms with E-state index in [9.17, 15) is 15.1 Å². The molecule has 3 N–H and O–H groups in total.